The molecule has 0 saturated carbocycles. The van der Waals surface area contributed by atoms with E-state index < -0.39 is 0 Å². The molecule has 0 fully saturated rings. The van der Waals surface area contributed by atoms with Gasteiger partial charge < -0.3 is 4.74 Å². The highest BCUT2D eigenvalue weighted by atomic mass is 79.9. The number of halogens is 1. The van der Waals surface area contributed by atoms with Gasteiger partial charge in [-0.3, -0.25) is 0 Å². The molecule has 0 radical (unpaired) electrons. The number of hydrogen-bond donors (Lipinski definition) is 0. The molecule has 0 unspecified atom stereocenters. The summed E-state index contributed by atoms with van der Waals surface area (Å²) in [6.07, 6.45) is 1.61. The van der Waals surface area contributed by atoms with Crippen LogP contribution in [0.1, 0.15) is 16.7 Å². The first-order valence-corrected chi connectivity index (χ1v) is 6.21. The van der Waals surface area contributed by atoms with Gasteiger partial charge in [0.1, 0.15) is 17.4 Å². The molecule has 0 N–H and O–H groups in total. The van der Waals surface area contributed by atoms with Gasteiger partial charge in [0.15, 0.2) is 0 Å². The number of ether oxygens (including phenoxy) is 1. The van der Waals surface area contributed by atoms with Crippen LogP contribution in [0.25, 0.3) is 0 Å². The van der Waals surface area contributed by atoms with Crippen LogP contribution in [-0.4, -0.2) is 4.98 Å². The molecule has 3 nitrogen and oxygen atoms in total. The average Bonchev–Trinajstić information content (AvgIpc) is 2.36. The Morgan fingerprint density at radius 2 is 1.94 bits per heavy atom. The van der Waals surface area contributed by atoms with E-state index in [1.807, 2.05) is 26.0 Å². The number of nitrogens with zero attached hydrogens (tertiary/aromatic N) is 2. The Kier molecular flexibility index (Phi) is 3.63. The Balaban J connectivity index is 2.38. The van der Waals surface area contributed by atoms with Gasteiger partial charge in [-0.15, -0.1) is 0 Å². The summed E-state index contributed by atoms with van der Waals surface area (Å²) in [6.45, 7) is 3.99. The van der Waals surface area contributed by atoms with Gasteiger partial charge in [0.25, 0.3) is 0 Å². The Labute approximate surface area is 114 Å². The Bertz CT molecular complexity index is 609. The number of aryl methyl sites for hydroxylation is 2. The van der Waals surface area contributed by atoms with Gasteiger partial charge in [0.05, 0.1) is 0 Å². The summed E-state index contributed by atoms with van der Waals surface area (Å²) < 4.78 is 6.73. The molecule has 0 amide bonds. The maximum atomic E-state index is 8.97. The minimum atomic E-state index is 0.334. The van der Waals surface area contributed by atoms with E-state index in [0.717, 1.165) is 15.6 Å². The summed E-state index contributed by atoms with van der Waals surface area (Å²) >= 11 is 3.50. The van der Waals surface area contributed by atoms with Gasteiger partial charge in [-0.2, -0.15) is 5.26 Å². The van der Waals surface area contributed by atoms with Crippen molar-refractivity contribution in [3.63, 3.8) is 0 Å². The summed E-state index contributed by atoms with van der Waals surface area (Å²) in [7, 11) is 0. The Hall–Kier alpha value is -1.86. The number of hydrogen-bond acceptors (Lipinski definition) is 3. The molecule has 2 aromatic rings. The van der Waals surface area contributed by atoms with E-state index >= 15 is 0 Å². The molecule has 0 spiro atoms. The lowest BCUT2D eigenvalue weighted by Crippen LogP contribution is -1.93. The number of pyridine rings is 1. The van der Waals surface area contributed by atoms with Gasteiger partial charge in [-0.05, 0) is 49.2 Å². The van der Waals surface area contributed by atoms with Crippen LogP contribution in [0.4, 0.5) is 0 Å². The van der Waals surface area contributed by atoms with Crippen LogP contribution in [0.2, 0.25) is 0 Å². The minimum Gasteiger partial charge on any atom is -0.438 e. The molecular formula is C14H11BrN2O. The predicted octanol–water partition coefficient (Wildman–Crippen LogP) is 4.12. The molecule has 2 rings (SSSR count). The van der Waals surface area contributed by atoms with E-state index in [4.69, 9.17) is 10.00 Å². The molecule has 0 saturated heterocycles. The van der Waals surface area contributed by atoms with Crippen molar-refractivity contribution in [1.82, 2.24) is 4.98 Å². The van der Waals surface area contributed by atoms with Crippen molar-refractivity contribution in [3.8, 4) is 17.7 Å². The van der Waals surface area contributed by atoms with Crippen LogP contribution in [-0.2, 0) is 0 Å². The fraction of sp³-hybridized carbons (Fsp3) is 0.143. The molecule has 4 heteroatoms. The molecule has 1 aromatic heterocycles. The molecule has 90 valence electrons. The van der Waals surface area contributed by atoms with Gasteiger partial charge in [-0.25, -0.2) is 4.98 Å². The van der Waals surface area contributed by atoms with Crippen molar-refractivity contribution >= 4 is 15.9 Å². The average molecular weight is 303 g/mol. The van der Waals surface area contributed by atoms with Crippen molar-refractivity contribution in [2.45, 2.75) is 13.8 Å². The Morgan fingerprint density at radius 3 is 2.56 bits per heavy atom. The van der Waals surface area contributed by atoms with E-state index in [9.17, 15) is 0 Å². The first-order valence-electron chi connectivity index (χ1n) is 5.41. The molecule has 1 aromatic carbocycles. The smallest absolute Gasteiger partial charge is 0.237 e. The van der Waals surface area contributed by atoms with Crippen LogP contribution >= 0.6 is 15.9 Å². The van der Waals surface area contributed by atoms with Crippen LogP contribution in [0.15, 0.2) is 34.9 Å². The van der Waals surface area contributed by atoms with Crippen LogP contribution in [0.5, 0.6) is 11.6 Å². The van der Waals surface area contributed by atoms with E-state index in [2.05, 4.69) is 27.0 Å². The highest BCUT2D eigenvalue weighted by molar-refractivity contribution is 9.10. The molecule has 0 atom stereocenters. The second-order valence-corrected chi connectivity index (χ2v) is 4.73. The molecule has 0 aliphatic rings. The lowest BCUT2D eigenvalue weighted by molar-refractivity contribution is 0.460. The summed E-state index contributed by atoms with van der Waals surface area (Å²) in [5, 5.41) is 8.97. The molecule has 0 aliphatic heterocycles. The Morgan fingerprint density at radius 1 is 1.28 bits per heavy atom. The summed E-state index contributed by atoms with van der Waals surface area (Å²) in [6, 6.07) is 9.27. The fourth-order valence-electron chi connectivity index (χ4n) is 1.63. The van der Waals surface area contributed by atoms with Crippen molar-refractivity contribution in [3.05, 3.63) is 51.6 Å². The number of benzene rings is 1. The standard InChI is InChI=1S/C14H11BrN2O/c1-9-6-12(7-10(2)13(9)15)18-14-11(8-16)4-3-5-17-14/h3-7H,1-2H3. The summed E-state index contributed by atoms with van der Waals surface area (Å²) in [5.41, 5.74) is 2.59. The lowest BCUT2D eigenvalue weighted by atomic mass is 10.1. The van der Waals surface area contributed by atoms with Gasteiger partial charge >= 0.3 is 0 Å². The third-order valence-electron chi connectivity index (χ3n) is 2.52. The number of nitriles is 1. The second kappa shape index (κ2) is 5.19. The zero-order valence-electron chi connectivity index (χ0n) is 10.1. The van der Waals surface area contributed by atoms with E-state index in [-0.39, 0.29) is 0 Å². The first kappa shape index (κ1) is 12.6. The fourth-order valence-corrected chi connectivity index (χ4v) is 1.86. The van der Waals surface area contributed by atoms with Crippen LogP contribution in [0.3, 0.4) is 0 Å². The zero-order valence-corrected chi connectivity index (χ0v) is 11.7. The lowest BCUT2D eigenvalue weighted by Gasteiger charge is -2.09. The van der Waals surface area contributed by atoms with Crippen molar-refractivity contribution < 1.29 is 4.74 Å². The van der Waals surface area contributed by atoms with Crippen molar-refractivity contribution in [2.75, 3.05) is 0 Å². The minimum absolute atomic E-state index is 0.334. The monoisotopic (exact) mass is 302 g/mol. The highest BCUT2D eigenvalue weighted by Crippen LogP contribution is 2.29. The van der Waals surface area contributed by atoms with E-state index in [0.29, 0.717) is 17.2 Å². The molecule has 18 heavy (non-hydrogen) atoms. The summed E-state index contributed by atoms with van der Waals surface area (Å²) in [5.74, 6) is 1.02. The normalized spacial score (nSPS) is 9.89. The van der Waals surface area contributed by atoms with Gasteiger partial charge in [0, 0.05) is 10.7 Å². The van der Waals surface area contributed by atoms with Crippen LogP contribution in [0, 0.1) is 25.2 Å². The molecule has 1 heterocycles. The van der Waals surface area contributed by atoms with Crippen molar-refractivity contribution in [2.24, 2.45) is 0 Å². The van der Waals surface area contributed by atoms with E-state index in [1.165, 1.54) is 0 Å². The van der Waals surface area contributed by atoms with E-state index in [1.54, 1.807) is 18.3 Å². The number of rotatable bonds is 2. The molecule has 0 bridgehead atoms. The van der Waals surface area contributed by atoms with Crippen molar-refractivity contribution in [1.29, 1.82) is 5.26 Å². The molecule has 0 aliphatic carbocycles. The third-order valence-corrected chi connectivity index (χ3v) is 3.77. The maximum Gasteiger partial charge on any atom is 0.237 e. The first-order chi connectivity index (χ1) is 8.61. The highest BCUT2D eigenvalue weighted by Gasteiger charge is 2.08. The third kappa shape index (κ3) is 2.52. The second-order valence-electron chi connectivity index (χ2n) is 3.94. The zero-order chi connectivity index (χ0) is 13.1. The maximum absolute atomic E-state index is 8.97. The van der Waals surface area contributed by atoms with Crippen LogP contribution < -0.4 is 4.74 Å². The quantitative estimate of drug-likeness (QED) is 0.838. The van der Waals surface area contributed by atoms with Gasteiger partial charge in [-0.1, -0.05) is 15.9 Å². The SMILES string of the molecule is Cc1cc(Oc2ncccc2C#N)cc(C)c1Br. The topological polar surface area (TPSA) is 45.9 Å². The summed E-state index contributed by atoms with van der Waals surface area (Å²) in [4.78, 5) is 4.07. The predicted molar refractivity (Wildman–Crippen MR) is 72.6 cm³/mol. The molecular weight excluding hydrogens is 292 g/mol. The van der Waals surface area contributed by atoms with Gasteiger partial charge in [0.2, 0.25) is 5.88 Å². The number of aromatic nitrogens is 1. The largest absolute Gasteiger partial charge is 0.438 e.